The van der Waals surface area contributed by atoms with E-state index in [0.717, 1.165) is 39.0 Å². The smallest absolute Gasteiger partial charge is 0.271 e. The first-order valence-electron chi connectivity index (χ1n) is 15.0. The summed E-state index contributed by atoms with van der Waals surface area (Å²) in [6.45, 7) is 12.1. The van der Waals surface area contributed by atoms with Gasteiger partial charge in [0.2, 0.25) is 0 Å². The van der Waals surface area contributed by atoms with Crippen LogP contribution in [0.1, 0.15) is 156 Å². The number of hydrogen-bond donors (Lipinski definition) is 2. The third-order valence-electron chi connectivity index (χ3n) is 6.84. The minimum atomic E-state index is -2.65. The van der Waals surface area contributed by atoms with E-state index in [1.54, 1.807) is 0 Å². The predicted molar refractivity (Wildman–Crippen MR) is 150 cm³/mol. The van der Waals surface area contributed by atoms with Crippen LogP contribution in [-0.2, 0) is 4.57 Å². The zero-order valence-electron chi connectivity index (χ0n) is 23.3. The fraction of sp³-hybridized carbons (Fsp3) is 1.00. The van der Waals surface area contributed by atoms with Crippen molar-refractivity contribution in [2.24, 2.45) is 0 Å². The van der Waals surface area contributed by atoms with E-state index in [0.29, 0.717) is 0 Å². The number of unbranched alkanes of at least 4 members (excludes halogenated alkanes) is 18. The molecule has 0 saturated carbocycles. The molecule has 0 fully saturated rings. The van der Waals surface area contributed by atoms with Crippen LogP contribution >= 0.6 is 7.59 Å². The lowest BCUT2D eigenvalue weighted by Crippen LogP contribution is -2.36. The van der Waals surface area contributed by atoms with Crippen LogP contribution in [0.3, 0.4) is 0 Å². The zero-order valence-corrected chi connectivity index (χ0v) is 24.2. The Labute approximate surface area is 209 Å². The van der Waals surface area contributed by atoms with Crippen molar-refractivity contribution < 1.29 is 4.57 Å². The van der Waals surface area contributed by atoms with Crippen LogP contribution in [0.25, 0.3) is 0 Å². The molecule has 0 unspecified atom stereocenters. The van der Waals surface area contributed by atoms with Crippen LogP contribution in [0.5, 0.6) is 0 Å². The molecule has 0 aromatic rings. The fourth-order valence-corrected chi connectivity index (χ4v) is 6.79. The molecule has 4 nitrogen and oxygen atoms in total. The van der Waals surface area contributed by atoms with Crippen LogP contribution < -0.4 is 10.2 Å². The van der Waals surface area contributed by atoms with E-state index in [1.807, 2.05) is 0 Å². The Kier molecular flexibility index (Phi) is 25.3. The van der Waals surface area contributed by atoms with E-state index in [2.05, 4.69) is 42.5 Å². The minimum absolute atomic E-state index is 0.823. The van der Waals surface area contributed by atoms with Crippen molar-refractivity contribution in [2.45, 2.75) is 156 Å². The monoisotopic (exact) mass is 487 g/mol. The second-order valence-corrected chi connectivity index (χ2v) is 12.2. The molecule has 0 aromatic carbocycles. The van der Waals surface area contributed by atoms with Crippen LogP contribution in [0.4, 0.5) is 0 Å². The summed E-state index contributed by atoms with van der Waals surface area (Å²) in [6, 6.07) is 0. The molecule has 0 amide bonds. The zero-order chi connectivity index (χ0) is 24.5. The molecule has 33 heavy (non-hydrogen) atoms. The molecule has 2 N–H and O–H groups in total. The van der Waals surface area contributed by atoms with Gasteiger partial charge >= 0.3 is 0 Å². The van der Waals surface area contributed by atoms with E-state index in [9.17, 15) is 4.57 Å². The van der Waals surface area contributed by atoms with E-state index in [4.69, 9.17) is 0 Å². The van der Waals surface area contributed by atoms with Crippen molar-refractivity contribution >= 4 is 7.59 Å². The molecule has 0 heterocycles. The highest BCUT2D eigenvalue weighted by Gasteiger charge is 2.26. The third-order valence-corrected chi connectivity index (χ3v) is 9.51. The van der Waals surface area contributed by atoms with Crippen molar-refractivity contribution in [3.8, 4) is 0 Å². The largest absolute Gasteiger partial charge is 0.281 e. The summed E-state index contributed by atoms with van der Waals surface area (Å²) >= 11 is 0. The second-order valence-electron chi connectivity index (χ2n) is 9.90. The highest BCUT2D eigenvalue weighted by molar-refractivity contribution is 7.57. The third kappa shape index (κ3) is 20.0. The molecule has 200 valence electrons. The van der Waals surface area contributed by atoms with Crippen LogP contribution in [0.15, 0.2) is 0 Å². The number of nitrogens with zero attached hydrogens (tertiary/aromatic N) is 1. The average molecular weight is 488 g/mol. The number of rotatable bonds is 27. The quantitative estimate of drug-likeness (QED) is 0.0894. The van der Waals surface area contributed by atoms with Gasteiger partial charge in [0.1, 0.15) is 0 Å². The van der Waals surface area contributed by atoms with Crippen molar-refractivity contribution in [1.82, 2.24) is 14.8 Å². The van der Waals surface area contributed by atoms with Crippen molar-refractivity contribution in [1.29, 1.82) is 0 Å². The van der Waals surface area contributed by atoms with Gasteiger partial charge < -0.3 is 0 Å². The Bertz CT molecular complexity index is 399. The van der Waals surface area contributed by atoms with Gasteiger partial charge in [-0.2, -0.15) is 0 Å². The van der Waals surface area contributed by atoms with Gasteiger partial charge in [0.15, 0.2) is 0 Å². The molecule has 0 rings (SSSR count). The normalized spacial score (nSPS) is 12.2. The van der Waals surface area contributed by atoms with Crippen LogP contribution in [-0.4, -0.2) is 30.8 Å². The summed E-state index contributed by atoms with van der Waals surface area (Å²) in [6.07, 6.45) is 26.8. The van der Waals surface area contributed by atoms with Gasteiger partial charge in [-0.05, 0) is 12.8 Å². The minimum Gasteiger partial charge on any atom is -0.271 e. The average Bonchev–Trinajstić information content (AvgIpc) is 2.82. The van der Waals surface area contributed by atoms with E-state index in [1.165, 1.54) is 116 Å². The van der Waals surface area contributed by atoms with E-state index >= 15 is 0 Å². The molecule has 0 spiro atoms. The lowest BCUT2D eigenvalue weighted by atomic mass is 10.1. The maximum atomic E-state index is 13.6. The highest BCUT2D eigenvalue weighted by atomic mass is 31.2. The van der Waals surface area contributed by atoms with Gasteiger partial charge in [0.05, 0.1) is 0 Å². The molecule has 0 atom stereocenters. The van der Waals surface area contributed by atoms with Crippen molar-refractivity contribution in [3.63, 3.8) is 0 Å². The summed E-state index contributed by atoms with van der Waals surface area (Å²) in [7, 11) is -2.65. The Morgan fingerprint density at radius 3 is 1.00 bits per heavy atom. The molecular formula is C28H62N3OP. The lowest BCUT2D eigenvalue weighted by molar-refractivity contribution is 0.417. The van der Waals surface area contributed by atoms with Crippen molar-refractivity contribution in [3.05, 3.63) is 0 Å². The SMILES string of the molecule is CCCCCCCCCCCCNP(=O)(NCCCCCCCCCCCC)N(CC)CC. The van der Waals surface area contributed by atoms with Crippen LogP contribution in [0, 0.1) is 0 Å². The van der Waals surface area contributed by atoms with Gasteiger partial charge in [-0.15, -0.1) is 0 Å². The van der Waals surface area contributed by atoms with Gasteiger partial charge in [-0.25, -0.2) is 14.8 Å². The van der Waals surface area contributed by atoms with Gasteiger partial charge in [0.25, 0.3) is 7.59 Å². The molecule has 0 aliphatic carbocycles. The molecule has 0 bridgehead atoms. The number of nitrogens with one attached hydrogen (secondary N) is 2. The predicted octanol–water partition coefficient (Wildman–Crippen LogP) is 9.46. The standard InChI is InChI=1S/C28H62N3OP/c1-5-9-11-13-15-17-19-21-23-25-27-29-33(32,31(7-3)8-4)30-28-26-24-22-20-18-16-14-12-10-6-2/h5-28H2,1-4H3,(H2,29,30,32). The maximum Gasteiger partial charge on any atom is 0.281 e. The van der Waals surface area contributed by atoms with Gasteiger partial charge in [0, 0.05) is 26.2 Å². The summed E-state index contributed by atoms with van der Waals surface area (Å²) in [4.78, 5) is 0. The van der Waals surface area contributed by atoms with Gasteiger partial charge in [-0.1, -0.05) is 143 Å². The van der Waals surface area contributed by atoms with Crippen LogP contribution in [0.2, 0.25) is 0 Å². The molecule has 0 radical (unpaired) electrons. The summed E-state index contributed by atoms with van der Waals surface area (Å²) in [5.41, 5.74) is 0. The number of hydrogen-bond acceptors (Lipinski definition) is 1. The first-order chi connectivity index (χ1) is 16.1. The Morgan fingerprint density at radius 2 is 0.727 bits per heavy atom. The molecule has 0 aromatic heterocycles. The first-order valence-corrected chi connectivity index (χ1v) is 16.7. The Morgan fingerprint density at radius 1 is 0.455 bits per heavy atom. The van der Waals surface area contributed by atoms with Crippen molar-refractivity contribution in [2.75, 3.05) is 26.2 Å². The van der Waals surface area contributed by atoms with E-state index in [-0.39, 0.29) is 0 Å². The van der Waals surface area contributed by atoms with Gasteiger partial charge in [-0.3, -0.25) is 4.57 Å². The maximum absolute atomic E-state index is 13.6. The Balaban J connectivity index is 3.90. The Hall–Kier alpha value is 0.110. The summed E-state index contributed by atoms with van der Waals surface area (Å²) in [5, 5.41) is 6.86. The summed E-state index contributed by atoms with van der Waals surface area (Å²) in [5.74, 6) is 0. The molecule has 0 aliphatic rings. The molecule has 0 aliphatic heterocycles. The highest BCUT2D eigenvalue weighted by Crippen LogP contribution is 2.40. The topological polar surface area (TPSA) is 44.4 Å². The first kappa shape index (κ1) is 33.1. The fourth-order valence-electron chi connectivity index (χ4n) is 4.56. The molecular weight excluding hydrogens is 425 g/mol. The second kappa shape index (κ2) is 25.2. The molecule has 0 saturated heterocycles. The lowest BCUT2D eigenvalue weighted by Gasteiger charge is -2.31. The van der Waals surface area contributed by atoms with E-state index < -0.39 is 7.59 Å². The molecule has 5 heteroatoms. The summed E-state index contributed by atoms with van der Waals surface area (Å²) < 4.78 is 15.7.